The zero-order chi connectivity index (χ0) is 71.7. The second kappa shape index (κ2) is 39.6. The number of ether oxygens (including phenoxy) is 5. The van der Waals surface area contributed by atoms with Gasteiger partial charge in [-0.2, -0.15) is 0 Å². The third-order valence-corrected chi connectivity index (χ3v) is 17.8. The number of likely N-dealkylation sites (N-methyl/N-ethyl adjacent to an activating group) is 2. The highest BCUT2D eigenvalue weighted by atomic mass is 16.7. The van der Waals surface area contributed by atoms with E-state index in [1.165, 1.54) is 49.9 Å². The number of amides is 6. The predicted molar refractivity (Wildman–Crippen MR) is 355 cm³/mol. The number of rotatable bonds is 38. The Bertz CT molecular complexity index is 2980. The third-order valence-electron chi connectivity index (χ3n) is 17.8. The molecule has 3 unspecified atom stereocenters. The number of carbonyl (C=O) groups is 8. The van der Waals surface area contributed by atoms with Gasteiger partial charge in [0.15, 0.2) is 6.10 Å². The van der Waals surface area contributed by atoms with Gasteiger partial charge in [0.1, 0.15) is 55.4 Å². The normalized spacial score (nSPS) is 21.0. The zero-order valence-electron chi connectivity index (χ0n) is 58.1. The fourth-order valence-electron chi connectivity index (χ4n) is 11.9. The lowest BCUT2D eigenvalue weighted by Gasteiger charge is -2.41. The van der Waals surface area contributed by atoms with E-state index in [-0.39, 0.29) is 61.3 Å². The van der Waals surface area contributed by atoms with Crippen molar-refractivity contribution in [3.63, 3.8) is 0 Å². The van der Waals surface area contributed by atoms with Gasteiger partial charge in [-0.1, -0.05) is 120 Å². The van der Waals surface area contributed by atoms with Crippen LogP contribution >= 0.6 is 0 Å². The maximum Gasteiger partial charge on any atom is 0.410 e. The van der Waals surface area contributed by atoms with Crippen molar-refractivity contribution in [1.82, 2.24) is 30.7 Å². The molecule has 14 atom stereocenters. The van der Waals surface area contributed by atoms with E-state index in [9.17, 15) is 63.9 Å². The van der Waals surface area contributed by atoms with Crippen molar-refractivity contribution in [2.24, 2.45) is 28.8 Å². The van der Waals surface area contributed by atoms with Gasteiger partial charge in [0, 0.05) is 41.3 Å². The molecule has 2 aliphatic rings. The number of benzene rings is 2. The Labute approximate surface area is 563 Å². The summed E-state index contributed by atoms with van der Waals surface area (Å²) in [5.41, 5.74) is 3.73. The Morgan fingerprint density at radius 1 is 0.802 bits per heavy atom. The van der Waals surface area contributed by atoms with Gasteiger partial charge in [-0.15, -0.1) is 0 Å². The van der Waals surface area contributed by atoms with Crippen LogP contribution < -0.4 is 20.7 Å². The fraction of sp³-hybridized carbons (Fsp3) is 0.638. The van der Waals surface area contributed by atoms with Crippen LogP contribution in [0.2, 0.25) is 0 Å². The Balaban J connectivity index is 1.48. The second-order valence-corrected chi connectivity index (χ2v) is 25.7. The molecule has 0 radical (unpaired) electrons. The van der Waals surface area contributed by atoms with Crippen molar-refractivity contribution in [3.05, 3.63) is 88.5 Å². The highest BCUT2D eigenvalue weighted by molar-refractivity contribution is 5.97. The van der Waals surface area contributed by atoms with E-state index in [1.54, 1.807) is 76.9 Å². The summed E-state index contributed by atoms with van der Waals surface area (Å²) in [6.07, 6.45) is -3.96. The van der Waals surface area contributed by atoms with Crippen LogP contribution in [0.25, 0.3) is 0 Å². The van der Waals surface area contributed by atoms with Crippen LogP contribution in [0, 0.1) is 23.7 Å². The van der Waals surface area contributed by atoms with Crippen molar-refractivity contribution in [3.8, 4) is 5.75 Å². The van der Waals surface area contributed by atoms with Crippen molar-refractivity contribution in [2.75, 3.05) is 54.6 Å². The highest BCUT2D eigenvalue weighted by Crippen LogP contribution is 2.32. The van der Waals surface area contributed by atoms with E-state index in [0.29, 0.717) is 37.9 Å². The number of likely N-dealkylation sites (tertiary alicyclic amines) is 1. The number of allylic oxidation sites excluding steroid dienone is 3. The molecule has 27 nitrogen and oxygen atoms in total. The van der Waals surface area contributed by atoms with E-state index < -0.39 is 139 Å². The molecule has 9 N–H and O–H groups in total. The van der Waals surface area contributed by atoms with Crippen LogP contribution in [0.4, 0.5) is 4.79 Å². The summed E-state index contributed by atoms with van der Waals surface area (Å²) in [6.45, 7) is 18.0. The number of oxime groups is 1. The summed E-state index contributed by atoms with van der Waals surface area (Å²) in [6, 6.07) is 8.12. The van der Waals surface area contributed by atoms with E-state index in [0.717, 1.165) is 35.3 Å². The molecular weight excluding hydrogens is 1250 g/mol. The first-order valence-corrected chi connectivity index (χ1v) is 32.9. The maximum absolute atomic E-state index is 14.9. The molecule has 0 aliphatic carbocycles. The molecule has 536 valence electrons. The largest absolute Gasteiger partial charge is 0.480 e. The first-order chi connectivity index (χ1) is 45.4. The summed E-state index contributed by atoms with van der Waals surface area (Å²) >= 11 is 0. The van der Waals surface area contributed by atoms with Crippen LogP contribution in [0.3, 0.4) is 0 Å². The number of carboxylic acids is 2. The minimum atomic E-state index is -2.02. The van der Waals surface area contributed by atoms with Gasteiger partial charge in [0.2, 0.25) is 29.9 Å². The molecule has 96 heavy (non-hydrogen) atoms. The van der Waals surface area contributed by atoms with Crippen LogP contribution in [-0.4, -0.2) is 226 Å². The molecule has 0 aromatic heterocycles. The molecule has 0 spiro atoms. The van der Waals surface area contributed by atoms with Gasteiger partial charge in [-0.3, -0.25) is 28.9 Å². The van der Waals surface area contributed by atoms with Crippen molar-refractivity contribution in [2.45, 2.75) is 207 Å². The molecule has 6 amide bonds. The lowest BCUT2D eigenvalue weighted by atomic mass is 9.89. The maximum atomic E-state index is 14.9. The SMILES string of the molecule is CCC(C)[C@@H]([C@@H](CC(=O)N1CCC[C@H]1[C@H](OC)[C@@H](C)C(=O)NC(Cc1ccccc1)C(=O)O)OC)N(C)C(=O)[C@@H](NC(=O)[C@H](C(C)C)N(C)C(=O)OCc1ccc(O[C@@H]2O[C@H](C(=O)O)[C@@H](O)[C@H](O)C2O)c(C(=O)NCCO/N=C(\C)CC/C(C)=C/CC/C(C)=C/CO)c1)C(C)C. The summed E-state index contributed by atoms with van der Waals surface area (Å²) in [4.78, 5) is 119. The molecular formula is C69H105N7O20. The van der Waals surface area contributed by atoms with Gasteiger partial charge in [0.25, 0.3) is 5.91 Å². The lowest BCUT2D eigenvalue weighted by molar-refractivity contribution is -0.271. The quantitative estimate of drug-likeness (QED) is 0.0185. The number of carbonyl (C=O) groups excluding carboxylic acids is 6. The number of carboxylic acid groups (broad SMARTS) is 2. The Morgan fingerprint density at radius 3 is 2.08 bits per heavy atom. The standard InChI is InChI=1S/C69H105N7O20/c1-15-43(8)56(52(91-13)37-53(78)76-32-20-25-50(76)60(92-14)45(10)62(82)71-49(66(86)87)36-46-23-17-16-18-24-46)74(11)65(85)54(39(2)3)72-64(84)55(40(4)5)75(12)69(90)93-38-47-28-29-51(95-68-59(81)57(79)58(80)61(96-68)67(88)89)48(35-47)63(83)70-31-34-94-73-44(9)27-26-41(6)21-19-22-42(7)30-33-77/h16-18,21,23-24,28-30,35,39-40,43,45,49-50,52,54-61,68,77,79-81H,15,19-20,22,25-27,31-34,36-38H2,1-14H3,(H,70,83)(H,71,82)(H,72,84)(H,86,87)(H,88,89)/b41-21+,42-30+,73-44+/t43?,45-,49?,50+,52-,54+,55+,56+,57+,58+,59?,60-,61+,68-/m1/s1. The van der Waals surface area contributed by atoms with E-state index >= 15 is 0 Å². The molecule has 2 aliphatic heterocycles. The number of hydrogen-bond acceptors (Lipinski definition) is 19. The molecule has 2 heterocycles. The number of nitrogens with zero attached hydrogens (tertiary/aromatic N) is 4. The summed E-state index contributed by atoms with van der Waals surface area (Å²) < 4.78 is 28.8. The van der Waals surface area contributed by atoms with Gasteiger partial charge in [-0.05, 0) is 100 Å². The van der Waals surface area contributed by atoms with Gasteiger partial charge >= 0.3 is 18.0 Å². The van der Waals surface area contributed by atoms with Crippen molar-refractivity contribution in [1.29, 1.82) is 0 Å². The van der Waals surface area contributed by atoms with Crippen molar-refractivity contribution < 1.29 is 97.5 Å². The molecule has 0 saturated carbocycles. The molecule has 2 fully saturated rings. The number of aliphatic hydroxyl groups excluding tert-OH is 4. The number of nitrogens with one attached hydrogen (secondary N) is 3. The Morgan fingerprint density at radius 2 is 1.48 bits per heavy atom. The monoisotopic (exact) mass is 1350 g/mol. The number of aliphatic carboxylic acids is 2. The fourth-order valence-corrected chi connectivity index (χ4v) is 11.9. The third kappa shape index (κ3) is 23.4. The van der Waals surface area contributed by atoms with Gasteiger partial charge < -0.3 is 84.9 Å². The minimum Gasteiger partial charge on any atom is -0.480 e. The lowest BCUT2D eigenvalue weighted by Crippen LogP contribution is -2.61. The Hall–Kier alpha value is -7.53. The van der Waals surface area contributed by atoms with Crippen LogP contribution in [0.15, 0.2) is 77.0 Å². The minimum absolute atomic E-state index is 0.00368. The summed E-state index contributed by atoms with van der Waals surface area (Å²) in [7, 11) is 5.85. The summed E-state index contributed by atoms with van der Waals surface area (Å²) in [5, 5.41) is 72.8. The van der Waals surface area contributed by atoms with Crippen LogP contribution in [0.5, 0.6) is 5.75 Å². The van der Waals surface area contributed by atoms with E-state index in [4.69, 9.17) is 33.6 Å². The average molecular weight is 1350 g/mol. The van der Waals surface area contributed by atoms with Crippen molar-refractivity contribution >= 4 is 53.3 Å². The van der Waals surface area contributed by atoms with Crippen LogP contribution in [-0.2, 0) is 65.6 Å². The first kappa shape index (κ1) is 80.9. The first-order valence-electron chi connectivity index (χ1n) is 32.9. The predicted octanol–water partition coefficient (Wildman–Crippen LogP) is 4.99. The van der Waals surface area contributed by atoms with E-state index in [2.05, 4.69) is 27.2 Å². The zero-order valence-corrected chi connectivity index (χ0v) is 58.1. The molecule has 2 aromatic rings. The number of aliphatic hydroxyl groups is 4. The van der Waals surface area contributed by atoms with Crippen LogP contribution in [0.1, 0.15) is 142 Å². The summed E-state index contributed by atoms with van der Waals surface area (Å²) in [5.74, 6) is -8.00. The number of methoxy groups -OCH3 is 2. The second-order valence-electron chi connectivity index (χ2n) is 25.7. The van der Waals surface area contributed by atoms with Gasteiger partial charge in [-0.25, -0.2) is 14.4 Å². The topological polar surface area (TPSA) is 371 Å². The van der Waals surface area contributed by atoms with Gasteiger partial charge in [0.05, 0.1) is 61.1 Å². The molecule has 2 saturated heterocycles. The average Bonchev–Trinajstić information content (AvgIpc) is 1.01. The van der Waals surface area contributed by atoms with E-state index in [1.807, 2.05) is 40.7 Å². The Kier molecular flexibility index (Phi) is 33.4. The number of hydrogen-bond donors (Lipinski definition) is 9. The molecule has 27 heteroatoms. The smallest absolute Gasteiger partial charge is 0.410 e. The highest BCUT2D eigenvalue weighted by Gasteiger charge is 2.49. The molecule has 0 bridgehead atoms. The molecule has 4 rings (SSSR count). The molecule has 2 aromatic carbocycles.